The minimum Gasteiger partial charge on any atom is -0.465 e. The van der Waals surface area contributed by atoms with E-state index in [0.717, 1.165) is 12.8 Å². The van der Waals surface area contributed by atoms with Crippen LogP contribution in [0.25, 0.3) is 0 Å². The van der Waals surface area contributed by atoms with Gasteiger partial charge in [-0.2, -0.15) is 0 Å². The zero-order valence-corrected chi connectivity index (χ0v) is 10.4. The molecule has 1 aliphatic heterocycles. The van der Waals surface area contributed by atoms with E-state index in [-0.39, 0.29) is 11.7 Å². The molecule has 0 saturated carbocycles. The van der Waals surface area contributed by atoms with E-state index in [4.69, 9.17) is 9.84 Å². The highest BCUT2D eigenvalue weighted by Crippen LogP contribution is 2.20. The maximum Gasteiger partial charge on any atom is 0.407 e. The molecule has 1 saturated heterocycles. The van der Waals surface area contributed by atoms with Gasteiger partial charge >= 0.3 is 6.09 Å². The lowest BCUT2D eigenvalue weighted by atomic mass is 9.90. The molecular weight excluding hydrogens is 222 g/mol. The molecule has 1 N–H and O–H groups in total. The number of methoxy groups -OCH3 is 1. The third-order valence-electron chi connectivity index (χ3n) is 3.24. The van der Waals surface area contributed by atoms with Gasteiger partial charge in [-0.1, -0.05) is 0 Å². The molecule has 5 heteroatoms. The Labute approximate surface area is 102 Å². The van der Waals surface area contributed by atoms with Crippen LogP contribution in [0.3, 0.4) is 0 Å². The number of ether oxygens (including phenoxy) is 1. The van der Waals surface area contributed by atoms with Gasteiger partial charge in [-0.15, -0.1) is 0 Å². The van der Waals surface area contributed by atoms with Gasteiger partial charge < -0.3 is 14.7 Å². The van der Waals surface area contributed by atoms with Crippen LogP contribution < -0.4 is 0 Å². The summed E-state index contributed by atoms with van der Waals surface area (Å²) in [6, 6.07) is 0. The van der Waals surface area contributed by atoms with Crippen molar-refractivity contribution in [3.05, 3.63) is 0 Å². The number of unbranched alkanes of at least 4 members (excludes halogenated alkanes) is 1. The largest absolute Gasteiger partial charge is 0.465 e. The van der Waals surface area contributed by atoms with Crippen molar-refractivity contribution in [1.82, 2.24) is 4.90 Å². The van der Waals surface area contributed by atoms with E-state index in [1.54, 1.807) is 7.11 Å². The van der Waals surface area contributed by atoms with E-state index >= 15 is 0 Å². The zero-order valence-electron chi connectivity index (χ0n) is 10.4. The van der Waals surface area contributed by atoms with Crippen LogP contribution in [0.5, 0.6) is 0 Å². The van der Waals surface area contributed by atoms with Crippen LogP contribution in [-0.4, -0.2) is 48.7 Å². The quantitative estimate of drug-likeness (QED) is 0.722. The Morgan fingerprint density at radius 3 is 2.47 bits per heavy atom. The first-order valence-corrected chi connectivity index (χ1v) is 6.14. The molecule has 98 valence electrons. The highest BCUT2D eigenvalue weighted by molar-refractivity contribution is 5.81. The molecule has 0 aromatic heterocycles. The third-order valence-corrected chi connectivity index (χ3v) is 3.24. The Balaban J connectivity index is 2.19. The van der Waals surface area contributed by atoms with Crippen molar-refractivity contribution in [2.24, 2.45) is 5.92 Å². The summed E-state index contributed by atoms with van der Waals surface area (Å²) in [7, 11) is 1.66. The molecule has 0 unspecified atom stereocenters. The van der Waals surface area contributed by atoms with E-state index in [1.807, 2.05) is 0 Å². The lowest BCUT2D eigenvalue weighted by molar-refractivity contribution is -0.124. The summed E-state index contributed by atoms with van der Waals surface area (Å²) in [5.41, 5.74) is 0. The number of hydrogen-bond acceptors (Lipinski definition) is 3. The molecule has 17 heavy (non-hydrogen) atoms. The molecule has 1 amide bonds. The van der Waals surface area contributed by atoms with Crippen molar-refractivity contribution in [3.8, 4) is 0 Å². The van der Waals surface area contributed by atoms with Gasteiger partial charge in [0.15, 0.2) is 0 Å². The predicted octanol–water partition coefficient (Wildman–Crippen LogP) is 1.76. The van der Waals surface area contributed by atoms with Crippen LogP contribution in [0.2, 0.25) is 0 Å². The summed E-state index contributed by atoms with van der Waals surface area (Å²) in [5.74, 6) is 0.347. The van der Waals surface area contributed by atoms with Crippen molar-refractivity contribution in [1.29, 1.82) is 0 Å². The number of Topliss-reactive ketones (excluding diaryl/α,β-unsaturated/α-hetero) is 1. The van der Waals surface area contributed by atoms with Crippen molar-refractivity contribution in [2.75, 3.05) is 26.8 Å². The fourth-order valence-corrected chi connectivity index (χ4v) is 2.14. The van der Waals surface area contributed by atoms with Crippen molar-refractivity contribution in [2.45, 2.75) is 32.1 Å². The van der Waals surface area contributed by atoms with Crippen LogP contribution in [0.15, 0.2) is 0 Å². The van der Waals surface area contributed by atoms with Gasteiger partial charge in [0.05, 0.1) is 0 Å². The molecule has 0 spiro atoms. The second-order valence-electron chi connectivity index (χ2n) is 4.46. The molecule has 0 bridgehead atoms. The maximum absolute atomic E-state index is 11.8. The van der Waals surface area contributed by atoms with E-state index in [2.05, 4.69) is 0 Å². The topological polar surface area (TPSA) is 66.8 Å². The van der Waals surface area contributed by atoms with E-state index in [9.17, 15) is 9.59 Å². The van der Waals surface area contributed by atoms with E-state index < -0.39 is 6.09 Å². The van der Waals surface area contributed by atoms with Crippen molar-refractivity contribution in [3.63, 3.8) is 0 Å². The maximum atomic E-state index is 11.8. The number of hydrogen-bond donors (Lipinski definition) is 1. The standard InChI is InChI=1S/C12H21NO4/c1-17-9-3-2-4-11(14)10-5-7-13(8-6-10)12(15)16/h10H,2-9H2,1H3,(H,15,16). The van der Waals surface area contributed by atoms with Gasteiger partial charge in [-0.25, -0.2) is 4.79 Å². The second-order valence-corrected chi connectivity index (χ2v) is 4.46. The number of amides is 1. The average molecular weight is 243 g/mol. The van der Waals surface area contributed by atoms with Crippen molar-refractivity contribution >= 4 is 11.9 Å². The van der Waals surface area contributed by atoms with Gasteiger partial charge in [-0.3, -0.25) is 4.79 Å². The number of carbonyl (C=O) groups excluding carboxylic acids is 1. The molecule has 1 heterocycles. The smallest absolute Gasteiger partial charge is 0.407 e. The summed E-state index contributed by atoms with van der Waals surface area (Å²) in [6.07, 6.45) is 2.85. The Morgan fingerprint density at radius 2 is 1.94 bits per heavy atom. The Bertz CT molecular complexity index is 259. The second kappa shape index (κ2) is 7.27. The first kappa shape index (κ1) is 14.0. The summed E-state index contributed by atoms with van der Waals surface area (Å²) in [6.45, 7) is 1.68. The monoisotopic (exact) mass is 243 g/mol. The normalized spacial score (nSPS) is 17.1. The molecule has 1 rings (SSSR count). The van der Waals surface area contributed by atoms with Crippen LogP contribution in [0, 0.1) is 5.92 Å². The molecule has 0 aliphatic carbocycles. The van der Waals surface area contributed by atoms with E-state index in [1.165, 1.54) is 4.90 Å². The highest BCUT2D eigenvalue weighted by Gasteiger charge is 2.26. The number of nitrogens with zero attached hydrogens (tertiary/aromatic N) is 1. The summed E-state index contributed by atoms with van der Waals surface area (Å²) in [5, 5.41) is 8.79. The summed E-state index contributed by atoms with van der Waals surface area (Å²) >= 11 is 0. The summed E-state index contributed by atoms with van der Waals surface area (Å²) in [4.78, 5) is 23.9. The van der Waals surface area contributed by atoms with Gasteiger partial charge in [0.2, 0.25) is 0 Å². The minimum atomic E-state index is -0.879. The predicted molar refractivity (Wildman–Crippen MR) is 63.1 cm³/mol. The highest BCUT2D eigenvalue weighted by atomic mass is 16.5. The number of carbonyl (C=O) groups is 2. The lowest BCUT2D eigenvalue weighted by Gasteiger charge is -2.29. The van der Waals surface area contributed by atoms with Gasteiger partial charge in [0.1, 0.15) is 5.78 Å². The molecule has 0 aromatic rings. The molecule has 5 nitrogen and oxygen atoms in total. The molecule has 0 radical (unpaired) electrons. The van der Waals surface area contributed by atoms with Crippen molar-refractivity contribution < 1.29 is 19.4 Å². The van der Waals surface area contributed by atoms with Gasteiger partial charge in [0.25, 0.3) is 0 Å². The number of ketones is 1. The Kier molecular flexibility index (Phi) is 5.97. The van der Waals surface area contributed by atoms with E-state index in [0.29, 0.717) is 39.0 Å². The average Bonchev–Trinajstić information content (AvgIpc) is 2.34. The number of piperidine rings is 1. The molecular formula is C12H21NO4. The number of carboxylic acid groups (broad SMARTS) is 1. The SMILES string of the molecule is COCCCCC(=O)C1CCN(C(=O)O)CC1. The molecule has 0 aromatic carbocycles. The molecule has 1 fully saturated rings. The zero-order chi connectivity index (χ0) is 12.7. The fourth-order valence-electron chi connectivity index (χ4n) is 2.14. The lowest BCUT2D eigenvalue weighted by Crippen LogP contribution is -2.39. The fraction of sp³-hybridized carbons (Fsp3) is 0.833. The van der Waals surface area contributed by atoms with Crippen LogP contribution in [0.1, 0.15) is 32.1 Å². The third kappa shape index (κ3) is 4.73. The van der Waals surface area contributed by atoms with Gasteiger partial charge in [0, 0.05) is 39.1 Å². The Hall–Kier alpha value is -1.10. The first-order valence-electron chi connectivity index (χ1n) is 6.14. The number of rotatable bonds is 6. The number of likely N-dealkylation sites (tertiary alicyclic amines) is 1. The van der Waals surface area contributed by atoms with Gasteiger partial charge in [-0.05, 0) is 25.7 Å². The molecule has 1 aliphatic rings. The Morgan fingerprint density at radius 1 is 1.29 bits per heavy atom. The molecule has 0 atom stereocenters. The van der Waals surface area contributed by atoms with Crippen LogP contribution in [0.4, 0.5) is 4.79 Å². The first-order chi connectivity index (χ1) is 8.15. The van der Waals surface area contributed by atoms with Crippen LogP contribution in [-0.2, 0) is 9.53 Å². The van der Waals surface area contributed by atoms with Crippen LogP contribution >= 0.6 is 0 Å². The minimum absolute atomic E-state index is 0.0631. The summed E-state index contributed by atoms with van der Waals surface area (Å²) < 4.78 is 4.93.